The molecule has 6 N–H and O–H groups in total. The van der Waals surface area contributed by atoms with Gasteiger partial charge >= 0.3 is 11.9 Å². The summed E-state index contributed by atoms with van der Waals surface area (Å²) in [6.07, 6.45) is 0.411. The van der Waals surface area contributed by atoms with Gasteiger partial charge in [-0.2, -0.15) is 0 Å². The zero-order valence-corrected chi connectivity index (χ0v) is 27.0. The maximum absolute atomic E-state index is 13.3. The van der Waals surface area contributed by atoms with Gasteiger partial charge in [-0.1, -0.05) is 49.3 Å². The Bertz CT molecular complexity index is 1310. The maximum Gasteiger partial charge on any atom is 0.326 e. The highest BCUT2D eigenvalue weighted by Crippen LogP contribution is 2.42. The van der Waals surface area contributed by atoms with E-state index in [0.717, 1.165) is 21.6 Å². The van der Waals surface area contributed by atoms with Gasteiger partial charge in [-0.15, -0.1) is 0 Å². The first-order valence-corrected chi connectivity index (χ1v) is 16.0. The van der Waals surface area contributed by atoms with E-state index in [2.05, 4.69) is 21.3 Å². The van der Waals surface area contributed by atoms with Crippen molar-refractivity contribution < 1.29 is 39.0 Å². The van der Waals surface area contributed by atoms with Crippen LogP contribution in [0.15, 0.2) is 46.2 Å². The van der Waals surface area contributed by atoms with E-state index in [-0.39, 0.29) is 47.6 Å². The van der Waals surface area contributed by atoms with Crippen LogP contribution in [0.4, 0.5) is 11.4 Å². The van der Waals surface area contributed by atoms with Crippen LogP contribution in [0.25, 0.3) is 0 Å². The Kier molecular flexibility index (Phi) is 13.7. The summed E-state index contributed by atoms with van der Waals surface area (Å²) in [5.74, 6) is -4.41. The Morgan fingerprint density at radius 3 is 1.25 bits per heavy atom. The highest BCUT2D eigenvalue weighted by Gasteiger charge is 2.26. The summed E-state index contributed by atoms with van der Waals surface area (Å²) in [7, 11) is 2.21. The standard InChI is InChI=1S/C30H38N4O8S2/c1-15(2)11-23(29(39)40)33-27(37)21-13-19(31-17(5)35)7-9-25(21)43-44-26-10-8-20(32-18(6)36)14-22(26)28(38)34-24(30(41)42)12-16(3)4/h7-10,13-16,23-24H,11-12H2,1-6H3,(H,31,35)(H,32,36)(H,33,37)(H,34,38)(H,39,40)(H,41,42)/t23-,24-/m0/s1. The zero-order chi connectivity index (χ0) is 33.1. The van der Waals surface area contributed by atoms with Gasteiger partial charge in [0.1, 0.15) is 12.1 Å². The van der Waals surface area contributed by atoms with E-state index in [9.17, 15) is 39.0 Å². The number of rotatable bonds is 15. The highest BCUT2D eigenvalue weighted by molar-refractivity contribution is 8.76. The molecular weight excluding hydrogens is 608 g/mol. The van der Waals surface area contributed by atoms with Gasteiger partial charge in [0.25, 0.3) is 11.8 Å². The smallest absolute Gasteiger partial charge is 0.326 e. The lowest BCUT2D eigenvalue weighted by atomic mass is 10.0. The largest absolute Gasteiger partial charge is 0.480 e. The van der Waals surface area contributed by atoms with Crippen LogP contribution in [0.2, 0.25) is 0 Å². The molecule has 0 aliphatic carbocycles. The lowest BCUT2D eigenvalue weighted by molar-refractivity contribution is -0.140. The number of aliphatic carboxylic acids is 2. The molecule has 0 bridgehead atoms. The average molecular weight is 647 g/mol. The van der Waals surface area contributed by atoms with Gasteiger partial charge in [0.15, 0.2) is 0 Å². The molecule has 238 valence electrons. The van der Waals surface area contributed by atoms with Crippen LogP contribution in [0, 0.1) is 11.8 Å². The van der Waals surface area contributed by atoms with Gasteiger partial charge < -0.3 is 31.5 Å². The fourth-order valence-electron chi connectivity index (χ4n) is 4.07. The van der Waals surface area contributed by atoms with Crippen molar-refractivity contribution in [3.05, 3.63) is 47.5 Å². The van der Waals surface area contributed by atoms with Crippen LogP contribution in [-0.4, -0.2) is 57.9 Å². The molecule has 2 aromatic rings. The number of anilines is 2. The molecular formula is C30H38N4O8S2. The highest BCUT2D eigenvalue weighted by atomic mass is 33.1. The van der Waals surface area contributed by atoms with Gasteiger partial charge in [0.2, 0.25) is 11.8 Å². The normalized spacial score (nSPS) is 12.3. The number of benzene rings is 2. The minimum atomic E-state index is -1.18. The van der Waals surface area contributed by atoms with Crippen LogP contribution in [0.1, 0.15) is 75.1 Å². The summed E-state index contributed by atoms with van der Waals surface area (Å²) in [5.41, 5.74) is 0.870. The minimum absolute atomic E-state index is 0.00203. The molecule has 0 radical (unpaired) electrons. The summed E-state index contributed by atoms with van der Waals surface area (Å²) in [4.78, 5) is 74.4. The van der Waals surface area contributed by atoms with E-state index in [4.69, 9.17) is 0 Å². The van der Waals surface area contributed by atoms with Crippen LogP contribution >= 0.6 is 21.6 Å². The average Bonchev–Trinajstić information content (AvgIpc) is 2.90. The van der Waals surface area contributed by atoms with Crippen LogP contribution < -0.4 is 21.3 Å². The maximum atomic E-state index is 13.3. The lowest BCUT2D eigenvalue weighted by Crippen LogP contribution is -2.41. The molecule has 12 nitrogen and oxygen atoms in total. The first-order valence-electron chi connectivity index (χ1n) is 13.8. The van der Waals surface area contributed by atoms with Crippen LogP contribution in [-0.2, 0) is 19.2 Å². The molecule has 2 aromatic carbocycles. The number of nitrogens with one attached hydrogen (secondary N) is 4. The number of carbonyl (C=O) groups excluding carboxylic acids is 4. The minimum Gasteiger partial charge on any atom is -0.480 e. The molecule has 14 heteroatoms. The van der Waals surface area contributed by atoms with Gasteiger partial charge in [0.05, 0.1) is 11.1 Å². The molecule has 0 spiro atoms. The van der Waals surface area contributed by atoms with Crippen molar-refractivity contribution in [2.75, 3.05) is 10.6 Å². The molecule has 44 heavy (non-hydrogen) atoms. The Balaban J connectivity index is 2.47. The first kappa shape index (κ1) is 36.2. The Hall–Kier alpha value is -4.04. The summed E-state index contributed by atoms with van der Waals surface area (Å²) in [6, 6.07) is 6.94. The molecule has 0 unspecified atom stereocenters. The monoisotopic (exact) mass is 646 g/mol. The molecule has 0 saturated heterocycles. The Morgan fingerprint density at radius 1 is 0.636 bits per heavy atom. The number of carboxylic acid groups (broad SMARTS) is 2. The first-order chi connectivity index (χ1) is 20.6. The van der Waals surface area contributed by atoms with E-state index >= 15 is 0 Å². The summed E-state index contributed by atoms with van der Waals surface area (Å²) >= 11 is 0. The van der Waals surface area contributed by atoms with Crippen molar-refractivity contribution in [3.8, 4) is 0 Å². The second kappa shape index (κ2) is 16.7. The van der Waals surface area contributed by atoms with E-state index in [0.29, 0.717) is 21.2 Å². The van der Waals surface area contributed by atoms with Crippen molar-refractivity contribution >= 4 is 68.5 Å². The molecule has 0 aliphatic rings. The molecule has 0 saturated carbocycles. The van der Waals surface area contributed by atoms with E-state index < -0.39 is 35.8 Å². The number of hydrogen-bond acceptors (Lipinski definition) is 8. The van der Waals surface area contributed by atoms with E-state index in [1.807, 2.05) is 27.7 Å². The number of hydrogen-bond donors (Lipinski definition) is 6. The third-order valence-corrected chi connectivity index (χ3v) is 8.41. The van der Waals surface area contributed by atoms with Crippen LogP contribution in [0.5, 0.6) is 0 Å². The van der Waals surface area contributed by atoms with Crippen molar-refractivity contribution in [3.63, 3.8) is 0 Å². The predicted molar refractivity (Wildman–Crippen MR) is 170 cm³/mol. The van der Waals surface area contributed by atoms with E-state index in [1.54, 1.807) is 24.3 Å². The molecule has 2 atom stereocenters. The fourth-order valence-corrected chi connectivity index (χ4v) is 6.39. The second-order valence-corrected chi connectivity index (χ2v) is 13.2. The second-order valence-electron chi connectivity index (χ2n) is 10.9. The van der Waals surface area contributed by atoms with Crippen molar-refractivity contribution in [2.24, 2.45) is 11.8 Å². The number of carbonyl (C=O) groups is 6. The van der Waals surface area contributed by atoms with Gasteiger partial charge in [-0.05, 0) is 61.1 Å². The fraction of sp³-hybridized carbons (Fsp3) is 0.400. The molecule has 0 aliphatic heterocycles. The number of amides is 4. The van der Waals surface area contributed by atoms with Crippen molar-refractivity contribution in [1.82, 2.24) is 10.6 Å². The van der Waals surface area contributed by atoms with Gasteiger partial charge in [-0.3, -0.25) is 19.2 Å². The van der Waals surface area contributed by atoms with Crippen molar-refractivity contribution in [2.45, 2.75) is 76.3 Å². The molecule has 4 amide bonds. The third-order valence-electron chi connectivity index (χ3n) is 5.93. The Morgan fingerprint density at radius 2 is 0.977 bits per heavy atom. The Labute approximate surface area is 263 Å². The SMILES string of the molecule is CC(=O)Nc1ccc(SSc2ccc(NC(C)=O)cc2C(=O)N[C@@H](CC(C)C)C(=O)O)c(C(=O)N[C@@H](CC(C)C)C(=O)O)c1. The number of carboxylic acids is 2. The molecule has 0 fully saturated rings. The zero-order valence-electron chi connectivity index (χ0n) is 25.3. The molecule has 2 rings (SSSR count). The van der Waals surface area contributed by atoms with E-state index in [1.165, 1.54) is 26.0 Å². The van der Waals surface area contributed by atoms with Gasteiger partial charge in [0, 0.05) is 35.0 Å². The summed E-state index contributed by atoms with van der Waals surface area (Å²) in [6.45, 7) is 9.98. The molecule has 0 heterocycles. The van der Waals surface area contributed by atoms with Crippen molar-refractivity contribution in [1.29, 1.82) is 0 Å². The quantitative estimate of drug-likeness (QED) is 0.146. The molecule has 0 aromatic heterocycles. The topological polar surface area (TPSA) is 191 Å². The summed E-state index contributed by atoms with van der Waals surface area (Å²) < 4.78 is 0. The third kappa shape index (κ3) is 11.6. The van der Waals surface area contributed by atoms with Crippen LogP contribution in [0.3, 0.4) is 0 Å². The lowest BCUT2D eigenvalue weighted by Gasteiger charge is -2.19. The van der Waals surface area contributed by atoms with Gasteiger partial charge in [-0.25, -0.2) is 9.59 Å². The summed E-state index contributed by atoms with van der Waals surface area (Å²) in [5, 5.41) is 29.6. The predicted octanol–water partition coefficient (Wildman–Crippen LogP) is 4.86.